The highest BCUT2D eigenvalue weighted by Crippen LogP contribution is 2.34. The molecule has 4 heterocycles. The first-order valence-electron chi connectivity index (χ1n) is 8.00. The number of anilines is 1. The fourth-order valence-electron chi connectivity index (χ4n) is 3.76. The van der Waals surface area contributed by atoms with Gasteiger partial charge in [0.25, 0.3) is 5.91 Å². The van der Waals surface area contributed by atoms with Crippen LogP contribution in [0.4, 0.5) is 5.95 Å². The van der Waals surface area contributed by atoms with Crippen LogP contribution in [0.5, 0.6) is 0 Å². The summed E-state index contributed by atoms with van der Waals surface area (Å²) in [7, 11) is 0. The highest BCUT2D eigenvalue weighted by Gasteiger charge is 2.45. The van der Waals surface area contributed by atoms with Gasteiger partial charge in [-0.1, -0.05) is 0 Å². The van der Waals surface area contributed by atoms with Crippen molar-refractivity contribution in [2.75, 3.05) is 18.0 Å². The van der Waals surface area contributed by atoms with Gasteiger partial charge in [-0.2, -0.15) is 0 Å². The average Bonchev–Trinajstić information content (AvgIpc) is 3.16. The summed E-state index contributed by atoms with van der Waals surface area (Å²) in [5, 5.41) is 0. The Kier molecular flexibility index (Phi) is 3.44. The maximum atomic E-state index is 12.8. The third-order valence-corrected chi connectivity index (χ3v) is 4.77. The van der Waals surface area contributed by atoms with Crippen LogP contribution in [-0.2, 0) is 0 Å². The number of aromatic nitrogens is 3. The number of pyridine rings is 1. The van der Waals surface area contributed by atoms with Gasteiger partial charge < -0.3 is 9.80 Å². The van der Waals surface area contributed by atoms with Crippen molar-refractivity contribution in [3.63, 3.8) is 0 Å². The predicted octanol–water partition coefficient (Wildman–Crippen LogP) is 1.67. The van der Waals surface area contributed by atoms with Gasteiger partial charge in [0.15, 0.2) is 0 Å². The number of nitrogens with zero attached hydrogens (tertiary/aromatic N) is 5. The van der Waals surface area contributed by atoms with E-state index in [0.29, 0.717) is 11.6 Å². The van der Waals surface area contributed by atoms with Crippen molar-refractivity contribution < 1.29 is 4.79 Å². The van der Waals surface area contributed by atoms with Crippen molar-refractivity contribution in [2.24, 2.45) is 0 Å². The molecule has 6 heteroatoms. The van der Waals surface area contributed by atoms with Gasteiger partial charge in [0.1, 0.15) is 0 Å². The number of carbonyl (C=O) groups excluding carboxylic acids is 1. The molecule has 4 rings (SSSR count). The van der Waals surface area contributed by atoms with Crippen molar-refractivity contribution in [3.05, 3.63) is 48.0 Å². The minimum atomic E-state index is 0.0875. The summed E-state index contributed by atoms with van der Waals surface area (Å²) in [6.07, 6.45) is 8.91. The fourth-order valence-corrected chi connectivity index (χ4v) is 3.76. The Labute approximate surface area is 135 Å². The van der Waals surface area contributed by atoms with Gasteiger partial charge in [-0.15, -0.1) is 0 Å². The molecule has 0 N–H and O–H groups in total. The smallest absolute Gasteiger partial charge is 0.255 e. The van der Waals surface area contributed by atoms with Gasteiger partial charge in [0.2, 0.25) is 5.95 Å². The largest absolute Gasteiger partial charge is 0.336 e. The molecule has 2 aromatic heterocycles. The molecule has 0 unspecified atom stereocenters. The topological polar surface area (TPSA) is 62.2 Å². The lowest BCUT2D eigenvalue weighted by Gasteiger charge is -2.25. The molecule has 6 nitrogen and oxygen atoms in total. The zero-order chi connectivity index (χ0) is 15.8. The highest BCUT2D eigenvalue weighted by atomic mass is 16.2. The van der Waals surface area contributed by atoms with Crippen LogP contribution in [0.25, 0.3) is 0 Å². The summed E-state index contributed by atoms with van der Waals surface area (Å²) in [6, 6.07) is 4.30. The molecule has 2 atom stereocenters. The molecule has 118 valence electrons. The molecule has 23 heavy (non-hydrogen) atoms. The van der Waals surface area contributed by atoms with Crippen LogP contribution in [-0.4, -0.2) is 50.9 Å². The monoisotopic (exact) mass is 309 g/mol. The summed E-state index contributed by atoms with van der Waals surface area (Å²) in [4.78, 5) is 29.9. The normalized spacial score (nSPS) is 23.2. The predicted molar refractivity (Wildman–Crippen MR) is 86.2 cm³/mol. The van der Waals surface area contributed by atoms with Crippen molar-refractivity contribution in [1.82, 2.24) is 19.9 Å². The molecule has 1 amide bonds. The zero-order valence-electron chi connectivity index (χ0n) is 13.1. The minimum Gasteiger partial charge on any atom is -0.336 e. The van der Waals surface area contributed by atoms with E-state index in [0.717, 1.165) is 37.4 Å². The lowest BCUT2D eigenvalue weighted by atomic mass is 10.1. The van der Waals surface area contributed by atoms with Gasteiger partial charge in [0.05, 0.1) is 17.6 Å². The van der Waals surface area contributed by atoms with Gasteiger partial charge in [-0.25, -0.2) is 9.97 Å². The number of rotatable bonds is 2. The second kappa shape index (κ2) is 5.61. The van der Waals surface area contributed by atoms with E-state index in [1.54, 1.807) is 24.8 Å². The first-order valence-corrected chi connectivity index (χ1v) is 8.00. The number of amides is 1. The van der Waals surface area contributed by atoms with Crippen LogP contribution >= 0.6 is 0 Å². The minimum absolute atomic E-state index is 0.0875. The van der Waals surface area contributed by atoms with Crippen LogP contribution in [0.3, 0.4) is 0 Å². The summed E-state index contributed by atoms with van der Waals surface area (Å²) in [5.74, 6) is 0.857. The molecule has 0 radical (unpaired) electrons. The second-order valence-electron chi connectivity index (χ2n) is 6.20. The van der Waals surface area contributed by atoms with Crippen LogP contribution < -0.4 is 4.90 Å². The average molecular weight is 309 g/mol. The summed E-state index contributed by atoms with van der Waals surface area (Å²) < 4.78 is 0. The lowest BCUT2D eigenvalue weighted by molar-refractivity contribution is 0.0737. The Morgan fingerprint density at radius 3 is 2.70 bits per heavy atom. The van der Waals surface area contributed by atoms with Crippen LogP contribution in [0, 0.1) is 6.92 Å². The molecule has 2 saturated heterocycles. The standard InChI is InChI=1S/C17H19N5O/c1-12-9-13(11-18-10-12)16(23)21-7-3-15-14(21)4-8-22(15)17-19-5-2-6-20-17/h2,5-6,9-11,14-15H,3-4,7-8H2,1H3/t14-,15+/m0/s1. The number of aryl methyl sites for hydroxylation is 1. The first-order chi connectivity index (χ1) is 11.2. The second-order valence-corrected chi connectivity index (χ2v) is 6.20. The van der Waals surface area contributed by atoms with Crippen molar-refractivity contribution >= 4 is 11.9 Å². The van der Waals surface area contributed by atoms with Gasteiger partial charge in [0, 0.05) is 37.9 Å². The number of fused-ring (bicyclic) bond motifs is 1. The van der Waals surface area contributed by atoms with E-state index in [1.165, 1.54) is 0 Å². The molecule has 0 saturated carbocycles. The summed E-state index contributed by atoms with van der Waals surface area (Å²) in [5.41, 5.74) is 1.69. The van der Waals surface area contributed by atoms with Gasteiger partial charge >= 0.3 is 0 Å². The lowest BCUT2D eigenvalue weighted by Crippen LogP contribution is -2.40. The molecule has 0 aromatic carbocycles. The number of hydrogen-bond donors (Lipinski definition) is 0. The van der Waals surface area contributed by atoms with Gasteiger partial charge in [-0.05, 0) is 37.5 Å². The summed E-state index contributed by atoms with van der Waals surface area (Å²) in [6.45, 7) is 3.64. The molecule has 2 aliphatic rings. The Morgan fingerprint density at radius 1 is 1.13 bits per heavy atom. The highest BCUT2D eigenvalue weighted by molar-refractivity contribution is 5.94. The number of carbonyl (C=O) groups is 1. The SMILES string of the molecule is Cc1cncc(C(=O)N2CC[C@@H]3[C@@H]2CCN3c2ncccn2)c1. The van der Waals surface area contributed by atoms with E-state index < -0.39 is 0 Å². The number of likely N-dealkylation sites (tertiary alicyclic amines) is 1. The van der Waals surface area contributed by atoms with Crippen molar-refractivity contribution in [3.8, 4) is 0 Å². The van der Waals surface area contributed by atoms with E-state index in [9.17, 15) is 4.79 Å². The van der Waals surface area contributed by atoms with E-state index in [4.69, 9.17) is 0 Å². The molecule has 2 fully saturated rings. The van der Waals surface area contributed by atoms with Crippen LogP contribution in [0.15, 0.2) is 36.9 Å². The molecule has 2 aliphatic heterocycles. The van der Waals surface area contributed by atoms with E-state index in [-0.39, 0.29) is 11.9 Å². The van der Waals surface area contributed by atoms with E-state index in [2.05, 4.69) is 19.9 Å². The molecule has 2 aromatic rings. The maximum absolute atomic E-state index is 12.8. The van der Waals surface area contributed by atoms with Crippen LogP contribution in [0.1, 0.15) is 28.8 Å². The fraction of sp³-hybridized carbons (Fsp3) is 0.412. The zero-order valence-corrected chi connectivity index (χ0v) is 13.1. The van der Waals surface area contributed by atoms with Crippen molar-refractivity contribution in [1.29, 1.82) is 0 Å². The maximum Gasteiger partial charge on any atom is 0.255 e. The molecule has 0 aliphatic carbocycles. The Balaban J connectivity index is 1.55. The van der Waals surface area contributed by atoms with E-state index in [1.807, 2.05) is 24.0 Å². The molecular formula is C17H19N5O. The van der Waals surface area contributed by atoms with Crippen LogP contribution in [0.2, 0.25) is 0 Å². The quantitative estimate of drug-likeness (QED) is 0.844. The third-order valence-electron chi connectivity index (χ3n) is 4.77. The van der Waals surface area contributed by atoms with Crippen molar-refractivity contribution in [2.45, 2.75) is 31.8 Å². The molecule has 0 spiro atoms. The third kappa shape index (κ3) is 2.44. The summed E-state index contributed by atoms with van der Waals surface area (Å²) >= 11 is 0. The number of hydrogen-bond acceptors (Lipinski definition) is 5. The van der Waals surface area contributed by atoms with E-state index >= 15 is 0 Å². The Morgan fingerprint density at radius 2 is 1.91 bits per heavy atom. The van der Waals surface area contributed by atoms with Gasteiger partial charge in [-0.3, -0.25) is 9.78 Å². The molecule has 0 bridgehead atoms. The molecular weight excluding hydrogens is 290 g/mol. The first kappa shape index (κ1) is 14.1. The Bertz CT molecular complexity index is 720. The Hall–Kier alpha value is -2.50.